The molecule has 1 unspecified atom stereocenters. The van der Waals surface area contributed by atoms with Gasteiger partial charge in [-0.15, -0.1) is 0 Å². The number of aliphatic hydroxyl groups excluding tert-OH is 1. The lowest BCUT2D eigenvalue weighted by Gasteiger charge is -2.26. The van der Waals surface area contributed by atoms with Gasteiger partial charge in [-0.05, 0) is 49.1 Å². The number of likely N-dealkylation sites (tertiary alicyclic amines) is 1. The van der Waals surface area contributed by atoms with E-state index in [1.54, 1.807) is 11.0 Å². The Balaban J connectivity index is 2.16. The first-order valence-electron chi connectivity index (χ1n) is 9.97. The van der Waals surface area contributed by atoms with E-state index in [0.717, 1.165) is 40.4 Å². The summed E-state index contributed by atoms with van der Waals surface area (Å²) >= 11 is 3.46. The molecule has 1 saturated heterocycles. The van der Waals surface area contributed by atoms with Crippen molar-refractivity contribution in [2.75, 3.05) is 6.54 Å². The standard InChI is InChI=1S/C24H26BrNO3/c1-4-5-8-13-26-21(18-10-7-6-9-15(18)2)20(23(28)24(26)29)22(27)17-11-12-19(25)16(3)14-17/h6-7,9-12,14,21,27H,4-5,8,13H2,1-3H3/b22-20+. The SMILES string of the molecule is CCCCCN1C(=O)C(=O)/C(=C(/O)c2ccc(Br)c(C)c2)C1c1ccccc1C. The summed E-state index contributed by atoms with van der Waals surface area (Å²) in [5.41, 5.74) is 3.51. The van der Waals surface area contributed by atoms with Crippen LogP contribution in [0.25, 0.3) is 5.76 Å². The van der Waals surface area contributed by atoms with Crippen molar-refractivity contribution in [3.05, 3.63) is 74.8 Å². The number of hydrogen-bond donors (Lipinski definition) is 1. The van der Waals surface area contributed by atoms with E-state index in [0.29, 0.717) is 12.1 Å². The summed E-state index contributed by atoms with van der Waals surface area (Å²) in [6.45, 7) is 6.48. The van der Waals surface area contributed by atoms with E-state index in [-0.39, 0.29) is 11.3 Å². The molecule has 5 heteroatoms. The van der Waals surface area contributed by atoms with Crippen molar-refractivity contribution in [1.29, 1.82) is 0 Å². The van der Waals surface area contributed by atoms with Crippen LogP contribution in [0.5, 0.6) is 0 Å². The van der Waals surface area contributed by atoms with Crippen LogP contribution in [-0.2, 0) is 9.59 Å². The predicted molar refractivity (Wildman–Crippen MR) is 119 cm³/mol. The Morgan fingerprint density at radius 3 is 2.45 bits per heavy atom. The number of ketones is 1. The van der Waals surface area contributed by atoms with Gasteiger partial charge < -0.3 is 10.0 Å². The third-order valence-corrected chi connectivity index (χ3v) is 6.35. The lowest BCUT2D eigenvalue weighted by Crippen LogP contribution is -2.31. The number of aryl methyl sites for hydroxylation is 2. The van der Waals surface area contributed by atoms with E-state index in [1.807, 2.05) is 50.2 Å². The van der Waals surface area contributed by atoms with Gasteiger partial charge >= 0.3 is 0 Å². The average molecular weight is 456 g/mol. The number of halogens is 1. The van der Waals surface area contributed by atoms with Gasteiger partial charge in [-0.25, -0.2) is 0 Å². The van der Waals surface area contributed by atoms with E-state index in [1.165, 1.54) is 0 Å². The highest BCUT2D eigenvalue weighted by molar-refractivity contribution is 9.10. The number of carbonyl (C=O) groups is 2. The highest BCUT2D eigenvalue weighted by Gasteiger charge is 2.46. The molecule has 4 nitrogen and oxygen atoms in total. The Bertz CT molecular complexity index is 980. The van der Waals surface area contributed by atoms with Crippen molar-refractivity contribution in [1.82, 2.24) is 4.90 Å². The number of nitrogens with zero attached hydrogens (tertiary/aromatic N) is 1. The molecule has 1 aliphatic heterocycles. The van der Waals surface area contributed by atoms with Crippen molar-refractivity contribution in [2.24, 2.45) is 0 Å². The first kappa shape index (κ1) is 21.3. The zero-order valence-corrected chi connectivity index (χ0v) is 18.6. The van der Waals surface area contributed by atoms with Crippen LogP contribution in [0.1, 0.15) is 54.5 Å². The summed E-state index contributed by atoms with van der Waals surface area (Å²) in [7, 11) is 0. The molecular weight excluding hydrogens is 430 g/mol. The van der Waals surface area contributed by atoms with Gasteiger partial charge in [0.15, 0.2) is 0 Å². The highest BCUT2D eigenvalue weighted by Crippen LogP contribution is 2.40. The molecule has 0 bridgehead atoms. The second kappa shape index (κ2) is 8.95. The first-order chi connectivity index (χ1) is 13.9. The minimum atomic E-state index is -0.618. The molecule has 3 rings (SSSR count). The third-order valence-electron chi connectivity index (χ3n) is 5.46. The maximum absolute atomic E-state index is 13.0. The normalized spacial score (nSPS) is 18.5. The molecule has 0 spiro atoms. The fourth-order valence-corrected chi connectivity index (χ4v) is 4.05. The lowest BCUT2D eigenvalue weighted by atomic mass is 9.92. The summed E-state index contributed by atoms with van der Waals surface area (Å²) in [5.74, 6) is -1.28. The lowest BCUT2D eigenvalue weighted by molar-refractivity contribution is -0.139. The van der Waals surface area contributed by atoms with E-state index in [9.17, 15) is 14.7 Å². The van der Waals surface area contributed by atoms with Gasteiger partial charge in [-0.1, -0.05) is 66.0 Å². The van der Waals surface area contributed by atoms with Gasteiger partial charge in [0.05, 0.1) is 11.6 Å². The van der Waals surface area contributed by atoms with Crippen molar-refractivity contribution in [2.45, 2.75) is 46.1 Å². The largest absolute Gasteiger partial charge is 0.507 e. The molecule has 152 valence electrons. The van der Waals surface area contributed by atoms with Crippen LogP contribution < -0.4 is 0 Å². The molecule has 1 atom stereocenters. The number of rotatable bonds is 6. The van der Waals surface area contributed by atoms with Crippen LogP contribution in [0, 0.1) is 13.8 Å². The molecule has 0 aromatic heterocycles. The average Bonchev–Trinajstić information content (AvgIpc) is 2.95. The van der Waals surface area contributed by atoms with Crippen LogP contribution >= 0.6 is 15.9 Å². The Kier molecular flexibility index (Phi) is 6.58. The highest BCUT2D eigenvalue weighted by atomic mass is 79.9. The van der Waals surface area contributed by atoms with Crippen LogP contribution in [0.15, 0.2) is 52.5 Å². The van der Waals surface area contributed by atoms with Gasteiger partial charge in [0.25, 0.3) is 11.7 Å². The molecule has 1 fully saturated rings. The predicted octanol–water partition coefficient (Wildman–Crippen LogP) is 5.68. The van der Waals surface area contributed by atoms with E-state index in [4.69, 9.17) is 0 Å². The zero-order valence-electron chi connectivity index (χ0n) is 17.0. The molecule has 2 aromatic carbocycles. The van der Waals surface area contributed by atoms with Crippen LogP contribution in [0.3, 0.4) is 0 Å². The molecule has 0 radical (unpaired) electrons. The number of amides is 1. The zero-order chi connectivity index (χ0) is 21.1. The number of carbonyl (C=O) groups excluding carboxylic acids is 2. The number of unbranched alkanes of at least 4 members (excludes halogenated alkanes) is 2. The third kappa shape index (κ3) is 4.15. The Hall–Kier alpha value is -2.40. The molecule has 1 heterocycles. The van der Waals surface area contributed by atoms with Gasteiger partial charge in [0, 0.05) is 16.6 Å². The van der Waals surface area contributed by atoms with Crippen LogP contribution in [-0.4, -0.2) is 28.2 Å². The van der Waals surface area contributed by atoms with Gasteiger partial charge in [0.1, 0.15) is 5.76 Å². The summed E-state index contributed by atoms with van der Waals surface area (Å²) in [5, 5.41) is 11.1. The molecule has 0 aliphatic carbocycles. The molecule has 29 heavy (non-hydrogen) atoms. The van der Waals surface area contributed by atoms with E-state index >= 15 is 0 Å². The van der Waals surface area contributed by atoms with Crippen molar-refractivity contribution in [3.8, 4) is 0 Å². The van der Waals surface area contributed by atoms with Gasteiger partial charge in [-0.3, -0.25) is 9.59 Å². The van der Waals surface area contributed by atoms with Crippen LogP contribution in [0.2, 0.25) is 0 Å². The quantitative estimate of drug-likeness (QED) is 0.264. The molecule has 1 N–H and O–H groups in total. The second-order valence-electron chi connectivity index (χ2n) is 7.52. The van der Waals surface area contributed by atoms with E-state index in [2.05, 4.69) is 22.9 Å². The summed E-state index contributed by atoms with van der Waals surface area (Å²) in [4.78, 5) is 27.5. The minimum Gasteiger partial charge on any atom is -0.507 e. The monoisotopic (exact) mass is 455 g/mol. The number of aliphatic hydroxyl groups is 1. The van der Waals surface area contributed by atoms with Gasteiger partial charge in [0.2, 0.25) is 0 Å². The summed E-state index contributed by atoms with van der Waals surface area (Å²) < 4.78 is 0.921. The molecule has 0 saturated carbocycles. The smallest absolute Gasteiger partial charge is 0.295 e. The summed E-state index contributed by atoms with van der Waals surface area (Å²) in [6, 6.07) is 12.6. The maximum atomic E-state index is 13.0. The van der Waals surface area contributed by atoms with Crippen molar-refractivity contribution in [3.63, 3.8) is 0 Å². The molecule has 2 aromatic rings. The van der Waals surface area contributed by atoms with Gasteiger partial charge in [-0.2, -0.15) is 0 Å². The van der Waals surface area contributed by atoms with Crippen molar-refractivity contribution < 1.29 is 14.7 Å². The summed E-state index contributed by atoms with van der Waals surface area (Å²) in [6.07, 6.45) is 2.83. The number of Topliss-reactive ketones (excluding diaryl/α,β-unsaturated/α-hetero) is 1. The van der Waals surface area contributed by atoms with E-state index < -0.39 is 17.7 Å². The Morgan fingerprint density at radius 2 is 1.79 bits per heavy atom. The fourth-order valence-electron chi connectivity index (χ4n) is 3.81. The maximum Gasteiger partial charge on any atom is 0.295 e. The molecular formula is C24H26BrNO3. The Labute approximate surface area is 180 Å². The molecule has 1 aliphatic rings. The fraction of sp³-hybridized carbons (Fsp3) is 0.333. The molecule has 1 amide bonds. The van der Waals surface area contributed by atoms with Crippen LogP contribution in [0.4, 0.5) is 0 Å². The first-order valence-corrected chi connectivity index (χ1v) is 10.8. The Morgan fingerprint density at radius 1 is 1.07 bits per heavy atom. The topological polar surface area (TPSA) is 57.6 Å². The number of benzene rings is 2. The second-order valence-corrected chi connectivity index (χ2v) is 8.37. The van der Waals surface area contributed by atoms with Crippen molar-refractivity contribution >= 4 is 33.4 Å². The number of hydrogen-bond acceptors (Lipinski definition) is 3. The minimum absolute atomic E-state index is 0.120.